The zero-order valence-corrected chi connectivity index (χ0v) is 15.0. The van der Waals surface area contributed by atoms with Crippen LogP contribution in [0.3, 0.4) is 0 Å². The molecule has 0 saturated carbocycles. The van der Waals surface area contributed by atoms with Crippen LogP contribution in [-0.2, 0) is 27.0 Å². The van der Waals surface area contributed by atoms with Gasteiger partial charge in [0.05, 0.1) is 5.75 Å². The summed E-state index contributed by atoms with van der Waals surface area (Å²) in [5.41, 5.74) is 2.74. The van der Waals surface area contributed by atoms with Crippen LogP contribution >= 0.6 is 0 Å². The third-order valence-electron chi connectivity index (χ3n) is 3.86. The second-order valence-corrected chi connectivity index (χ2v) is 7.94. The standard InChI is InChI=1S/C19H23NO4S/c1-15-7-9-17(10-8-15)14-25(23,24)20-18(11-12-19(21)22)13-16-5-3-2-4-6-16/h2-10,18,20H,11-14H2,1H3,(H,21,22). The second kappa shape index (κ2) is 8.78. The van der Waals surface area contributed by atoms with Crippen molar-refractivity contribution < 1.29 is 18.3 Å². The Bertz CT molecular complexity index is 786. The van der Waals surface area contributed by atoms with Crippen molar-refractivity contribution in [2.75, 3.05) is 0 Å². The number of carbonyl (C=O) groups is 1. The summed E-state index contributed by atoms with van der Waals surface area (Å²) < 4.78 is 27.6. The fourth-order valence-electron chi connectivity index (χ4n) is 2.60. The molecule has 0 aromatic heterocycles. The molecule has 0 aliphatic rings. The van der Waals surface area contributed by atoms with Gasteiger partial charge < -0.3 is 5.11 Å². The number of benzene rings is 2. The summed E-state index contributed by atoms with van der Waals surface area (Å²) in [7, 11) is -3.56. The minimum absolute atomic E-state index is 0.0788. The lowest BCUT2D eigenvalue weighted by Gasteiger charge is -2.18. The predicted octanol–water partition coefficient (Wildman–Crippen LogP) is 2.89. The quantitative estimate of drug-likeness (QED) is 0.719. The average Bonchev–Trinajstić information content (AvgIpc) is 2.55. The molecule has 134 valence electrons. The highest BCUT2D eigenvalue weighted by molar-refractivity contribution is 7.88. The number of nitrogens with one attached hydrogen (secondary N) is 1. The van der Waals surface area contributed by atoms with E-state index in [1.165, 1.54) is 0 Å². The third kappa shape index (κ3) is 7.07. The monoisotopic (exact) mass is 361 g/mol. The molecule has 6 heteroatoms. The number of rotatable bonds is 9. The molecule has 0 aliphatic heterocycles. The molecule has 0 spiro atoms. The predicted molar refractivity (Wildman–Crippen MR) is 97.7 cm³/mol. The summed E-state index contributed by atoms with van der Waals surface area (Å²) in [6.07, 6.45) is 0.628. The second-order valence-electron chi connectivity index (χ2n) is 6.18. The van der Waals surface area contributed by atoms with E-state index in [9.17, 15) is 13.2 Å². The largest absolute Gasteiger partial charge is 0.481 e. The molecule has 0 aliphatic carbocycles. The van der Waals surface area contributed by atoms with E-state index >= 15 is 0 Å². The van der Waals surface area contributed by atoms with Crippen LogP contribution in [0.1, 0.15) is 29.5 Å². The highest BCUT2D eigenvalue weighted by Gasteiger charge is 2.20. The van der Waals surface area contributed by atoms with E-state index in [0.29, 0.717) is 12.0 Å². The Hall–Kier alpha value is -2.18. The zero-order chi connectivity index (χ0) is 18.3. The summed E-state index contributed by atoms with van der Waals surface area (Å²) in [4.78, 5) is 10.9. The molecule has 0 saturated heterocycles. The Kier molecular flexibility index (Phi) is 6.73. The lowest BCUT2D eigenvalue weighted by Crippen LogP contribution is -2.37. The van der Waals surface area contributed by atoms with E-state index in [2.05, 4.69) is 4.72 Å². The number of hydrogen-bond acceptors (Lipinski definition) is 3. The Morgan fingerprint density at radius 2 is 1.68 bits per heavy atom. The van der Waals surface area contributed by atoms with Crippen molar-refractivity contribution in [3.63, 3.8) is 0 Å². The summed E-state index contributed by atoms with van der Waals surface area (Å²) in [5, 5.41) is 8.91. The highest BCUT2D eigenvalue weighted by Crippen LogP contribution is 2.12. The van der Waals surface area contributed by atoms with Crippen molar-refractivity contribution in [3.8, 4) is 0 Å². The normalized spacial score (nSPS) is 12.7. The molecule has 5 nitrogen and oxygen atoms in total. The molecule has 0 heterocycles. The van der Waals surface area contributed by atoms with Gasteiger partial charge in [-0.05, 0) is 30.9 Å². The van der Waals surface area contributed by atoms with Gasteiger partial charge in [-0.2, -0.15) is 0 Å². The molecule has 1 atom stereocenters. The molecule has 2 rings (SSSR count). The maximum atomic E-state index is 12.5. The minimum Gasteiger partial charge on any atom is -0.481 e. The summed E-state index contributed by atoms with van der Waals surface area (Å²) in [6, 6.07) is 16.3. The Balaban J connectivity index is 2.07. The van der Waals surface area contributed by atoms with Crippen molar-refractivity contribution in [3.05, 3.63) is 71.3 Å². The molecule has 2 aromatic rings. The van der Waals surface area contributed by atoms with E-state index in [1.54, 1.807) is 12.1 Å². The van der Waals surface area contributed by atoms with Crippen molar-refractivity contribution in [2.24, 2.45) is 0 Å². The fourth-order valence-corrected chi connectivity index (χ4v) is 4.02. The van der Waals surface area contributed by atoms with Crippen molar-refractivity contribution in [2.45, 2.75) is 38.0 Å². The van der Waals surface area contributed by atoms with Gasteiger partial charge in [0.15, 0.2) is 0 Å². The first-order chi connectivity index (χ1) is 11.8. The van der Waals surface area contributed by atoms with Crippen LogP contribution in [0.5, 0.6) is 0 Å². The first-order valence-corrected chi connectivity index (χ1v) is 9.80. The number of aryl methyl sites for hydroxylation is 1. The van der Waals surface area contributed by atoms with E-state index < -0.39 is 22.0 Å². The average molecular weight is 361 g/mol. The van der Waals surface area contributed by atoms with Gasteiger partial charge in [0.2, 0.25) is 10.0 Å². The van der Waals surface area contributed by atoms with Crippen LogP contribution in [0.4, 0.5) is 0 Å². The van der Waals surface area contributed by atoms with Gasteiger partial charge in [-0.15, -0.1) is 0 Å². The molecule has 0 amide bonds. The molecule has 25 heavy (non-hydrogen) atoms. The van der Waals surface area contributed by atoms with Gasteiger partial charge in [0.25, 0.3) is 0 Å². The van der Waals surface area contributed by atoms with Crippen LogP contribution < -0.4 is 4.72 Å². The maximum Gasteiger partial charge on any atom is 0.303 e. The molecule has 1 unspecified atom stereocenters. The van der Waals surface area contributed by atoms with Gasteiger partial charge in [0, 0.05) is 12.5 Å². The van der Waals surface area contributed by atoms with E-state index in [1.807, 2.05) is 49.4 Å². The Morgan fingerprint density at radius 3 is 2.28 bits per heavy atom. The molecule has 0 fully saturated rings. The maximum absolute atomic E-state index is 12.5. The smallest absolute Gasteiger partial charge is 0.303 e. The van der Waals surface area contributed by atoms with Crippen LogP contribution in [0.25, 0.3) is 0 Å². The highest BCUT2D eigenvalue weighted by atomic mass is 32.2. The molecular formula is C19H23NO4S. The number of carboxylic acid groups (broad SMARTS) is 1. The van der Waals surface area contributed by atoms with Crippen molar-refractivity contribution in [1.29, 1.82) is 0 Å². The van der Waals surface area contributed by atoms with Gasteiger partial charge in [-0.3, -0.25) is 4.79 Å². The molecule has 2 aromatic carbocycles. The van der Waals surface area contributed by atoms with Gasteiger partial charge >= 0.3 is 5.97 Å². The first-order valence-electron chi connectivity index (χ1n) is 8.15. The molecule has 0 radical (unpaired) electrons. The zero-order valence-electron chi connectivity index (χ0n) is 14.2. The van der Waals surface area contributed by atoms with E-state index in [-0.39, 0.29) is 18.6 Å². The molecular weight excluding hydrogens is 338 g/mol. The molecule has 0 bridgehead atoms. The number of carboxylic acids is 1. The SMILES string of the molecule is Cc1ccc(CS(=O)(=O)NC(CCC(=O)O)Cc2ccccc2)cc1. The van der Waals surface area contributed by atoms with Gasteiger partial charge in [-0.1, -0.05) is 60.2 Å². The topological polar surface area (TPSA) is 83.5 Å². The van der Waals surface area contributed by atoms with E-state index in [0.717, 1.165) is 11.1 Å². The van der Waals surface area contributed by atoms with Gasteiger partial charge in [-0.25, -0.2) is 13.1 Å². The van der Waals surface area contributed by atoms with Crippen LogP contribution in [-0.4, -0.2) is 25.5 Å². The number of hydrogen-bond donors (Lipinski definition) is 2. The first kappa shape index (κ1) is 19.1. The summed E-state index contributed by atoms with van der Waals surface area (Å²) >= 11 is 0. The Labute approximate surface area is 148 Å². The van der Waals surface area contributed by atoms with Crippen molar-refractivity contribution in [1.82, 2.24) is 4.72 Å². The number of sulfonamides is 1. The van der Waals surface area contributed by atoms with E-state index in [4.69, 9.17) is 5.11 Å². The lowest BCUT2D eigenvalue weighted by atomic mass is 10.0. The van der Waals surface area contributed by atoms with Crippen LogP contribution in [0, 0.1) is 6.92 Å². The molecule has 2 N–H and O–H groups in total. The van der Waals surface area contributed by atoms with Crippen LogP contribution in [0.2, 0.25) is 0 Å². The Morgan fingerprint density at radius 1 is 1.04 bits per heavy atom. The summed E-state index contributed by atoms with van der Waals surface area (Å²) in [5.74, 6) is -1.05. The van der Waals surface area contributed by atoms with Crippen molar-refractivity contribution >= 4 is 16.0 Å². The summed E-state index contributed by atoms with van der Waals surface area (Å²) in [6.45, 7) is 1.94. The third-order valence-corrected chi connectivity index (χ3v) is 5.26. The number of aliphatic carboxylic acids is 1. The van der Waals surface area contributed by atoms with Crippen LogP contribution in [0.15, 0.2) is 54.6 Å². The van der Waals surface area contributed by atoms with Gasteiger partial charge in [0.1, 0.15) is 0 Å². The fraction of sp³-hybridized carbons (Fsp3) is 0.316. The lowest BCUT2D eigenvalue weighted by molar-refractivity contribution is -0.137. The minimum atomic E-state index is -3.56.